The Hall–Kier alpha value is -2.51. The van der Waals surface area contributed by atoms with Gasteiger partial charge in [0.2, 0.25) is 0 Å². The zero-order chi connectivity index (χ0) is 21.6. The average Bonchev–Trinajstić information content (AvgIpc) is 2.75. The van der Waals surface area contributed by atoms with E-state index in [2.05, 4.69) is 0 Å². The summed E-state index contributed by atoms with van der Waals surface area (Å²) in [7, 11) is 6.18. The number of benzene rings is 2. The van der Waals surface area contributed by atoms with Crippen LogP contribution in [0.25, 0.3) is 6.08 Å². The molecule has 29 heavy (non-hydrogen) atoms. The first-order valence-corrected chi connectivity index (χ1v) is 10.5. The number of ether oxygens (including phenoxy) is 4. The number of hydrogen-bond donors (Lipinski definition) is 1. The summed E-state index contributed by atoms with van der Waals surface area (Å²) in [5.41, 5.74) is 2.43. The molecule has 1 atom stereocenters. The van der Waals surface area contributed by atoms with Crippen molar-refractivity contribution in [1.82, 2.24) is 0 Å². The smallest absolute Gasteiger partial charge is 0.165 e. The van der Waals surface area contributed by atoms with E-state index in [0.717, 1.165) is 11.1 Å². The molecule has 1 N–H and O–H groups in total. The van der Waals surface area contributed by atoms with E-state index in [1.165, 1.54) is 13.2 Å². The van der Waals surface area contributed by atoms with Gasteiger partial charge in [0.1, 0.15) is 22.7 Å². The average molecular weight is 421 g/mol. The Morgan fingerprint density at radius 1 is 0.897 bits per heavy atom. The molecule has 0 amide bonds. The highest BCUT2D eigenvalue weighted by molar-refractivity contribution is 7.94. The third-order valence-electron chi connectivity index (χ3n) is 4.68. The van der Waals surface area contributed by atoms with Gasteiger partial charge in [-0.1, -0.05) is 13.8 Å². The molecule has 1 unspecified atom stereocenters. The first-order valence-electron chi connectivity index (χ1n) is 9.25. The molecular weight excluding hydrogens is 392 g/mol. The number of phenols is 1. The lowest BCUT2D eigenvalue weighted by molar-refractivity contribution is 0.367. The number of rotatable bonds is 9. The van der Waals surface area contributed by atoms with Crippen molar-refractivity contribution >= 4 is 17.3 Å². The normalized spacial score (nSPS) is 12.1. The largest absolute Gasteiger partial charge is 0.607 e. The maximum absolute atomic E-state index is 13.1. The topological polar surface area (TPSA) is 80.2 Å². The van der Waals surface area contributed by atoms with Crippen molar-refractivity contribution in [2.45, 2.75) is 31.6 Å². The number of hydrogen-bond acceptors (Lipinski definition) is 6. The summed E-state index contributed by atoms with van der Waals surface area (Å²) in [6.07, 6.45) is 3.03. The highest BCUT2D eigenvalue weighted by Gasteiger charge is 2.23. The summed E-state index contributed by atoms with van der Waals surface area (Å²) >= 11 is -1.49. The molecule has 0 bridgehead atoms. The van der Waals surface area contributed by atoms with Crippen molar-refractivity contribution < 1.29 is 28.6 Å². The molecule has 0 aliphatic carbocycles. The predicted molar refractivity (Wildman–Crippen MR) is 115 cm³/mol. The van der Waals surface area contributed by atoms with Gasteiger partial charge < -0.3 is 28.6 Å². The Kier molecular flexibility index (Phi) is 8.10. The summed E-state index contributed by atoms with van der Waals surface area (Å²) in [4.78, 5) is 0.561. The van der Waals surface area contributed by atoms with Crippen LogP contribution in [0.1, 0.15) is 30.5 Å². The Labute approximate surface area is 175 Å². The van der Waals surface area contributed by atoms with Gasteiger partial charge in [-0.3, -0.25) is 0 Å². The number of phenolic OH excluding ortho intramolecular Hbond substituents is 1. The van der Waals surface area contributed by atoms with E-state index in [4.69, 9.17) is 18.9 Å². The van der Waals surface area contributed by atoms with E-state index in [-0.39, 0.29) is 5.75 Å². The Bertz CT molecular complexity index is 853. The standard InChI is InChI=1S/C22H28O6S/c1-7-15-16(8-2)22(28-6)18(23)13-21(15)29(24)10-9-17-19(26-4)11-14(25-3)12-20(17)27-5/h9-13,23H,7-8H2,1-6H3/b10-9+. The van der Waals surface area contributed by atoms with Crippen molar-refractivity contribution in [3.63, 3.8) is 0 Å². The van der Waals surface area contributed by atoms with E-state index in [0.29, 0.717) is 46.3 Å². The van der Waals surface area contributed by atoms with E-state index < -0.39 is 11.2 Å². The van der Waals surface area contributed by atoms with Crippen LogP contribution < -0.4 is 18.9 Å². The molecular formula is C22H28O6S. The summed E-state index contributed by atoms with van der Waals surface area (Å²) < 4.78 is 34.6. The van der Waals surface area contributed by atoms with Crippen molar-refractivity contribution in [1.29, 1.82) is 0 Å². The van der Waals surface area contributed by atoms with Gasteiger partial charge in [0, 0.05) is 46.6 Å². The second kappa shape index (κ2) is 10.3. The molecule has 0 aliphatic rings. The molecule has 0 fully saturated rings. The van der Waals surface area contributed by atoms with E-state index in [1.54, 1.807) is 44.9 Å². The fourth-order valence-corrected chi connectivity index (χ4v) is 4.43. The lowest BCUT2D eigenvalue weighted by atomic mass is 10.0. The van der Waals surface area contributed by atoms with Gasteiger partial charge in [0.15, 0.2) is 16.4 Å². The van der Waals surface area contributed by atoms with Gasteiger partial charge >= 0.3 is 0 Å². The zero-order valence-electron chi connectivity index (χ0n) is 17.7. The third kappa shape index (κ3) is 4.74. The molecule has 0 saturated heterocycles. The second-order valence-electron chi connectivity index (χ2n) is 6.14. The van der Waals surface area contributed by atoms with Crippen LogP contribution in [0.2, 0.25) is 0 Å². The Morgan fingerprint density at radius 3 is 1.93 bits per heavy atom. The highest BCUT2D eigenvalue weighted by atomic mass is 32.2. The van der Waals surface area contributed by atoms with Crippen LogP contribution in [0.4, 0.5) is 0 Å². The summed E-state index contributed by atoms with van der Waals surface area (Å²) in [5, 5.41) is 11.9. The third-order valence-corrected chi connectivity index (χ3v) is 5.86. The van der Waals surface area contributed by atoms with Crippen molar-refractivity contribution in [2.24, 2.45) is 0 Å². The summed E-state index contributed by atoms with van der Waals surface area (Å²) in [6.45, 7) is 3.97. The van der Waals surface area contributed by atoms with Gasteiger partial charge in [-0.05, 0) is 12.8 Å². The molecule has 2 aromatic carbocycles. The van der Waals surface area contributed by atoms with Crippen LogP contribution in [-0.4, -0.2) is 38.1 Å². The van der Waals surface area contributed by atoms with E-state index >= 15 is 0 Å². The first-order chi connectivity index (χ1) is 13.9. The SMILES string of the molecule is CCc1c([S+]([O-])/C=C/c2c(OC)cc(OC)cc2OC)cc(O)c(OC)c1CC. The minimum Gasteiger partial charge on any atom is -0.607 e. The van der Waals surface area contributed by atoms with Crippen LogP contribution in [0.15, 0.2) is 28.5 Å². The number of methoxy groups -OCH3 is 4. The summed E-state index contributed by atoms with van der Waals surface area (Å²) in [6, 6.07) is 4.98. The Balaban J connectivity index is 2.52. The maximum atomic E-state index is 13.1. The van der Waals surface area contributed by atoms with Gasteiger partial charge in [0.05, 0.1) is 34.0 Å². The zero-order valence-corrected chi connectivity index (χ0v) is 18.5. The van der Waals surface area contributed by atoms with Crippen LogP contribution in [-0.2, 0) is 24.0 Å². The van der Waals surface area contributed by atoms with Crippen molar-refractivity contribution in [3.8, 4) is 28.7 Å². The second-order valence-corrected chi connectivity index (χ2v) is 7.44. The van der Waals surface area contributed by atoms with Crippen LogP contribution in [0.5, 0.6) is 28.7 Å². The van der Waals surface area contributed by atoms with Crippen molar-refractivity contribution in [2.75, 3.05) is 28.4 Å². The minimum absolute atomic E-state index is 0.0158. The molecule has 158 valence electrons. The molecule has 0 saturated carbocycles. The minimum atomic E-state index is -1.49. The molecule has 6 nitrogen and oxygen atoms in total. The molecule has 0 spiro atoms. The van der Waals surface area contributed by atoms with Crippen molar-refractivity contribution in [3.05, 3.63) is 40.3 Å². The molecule has 2 rings (SSSR count). The summed E-state index contributed by atoms with van der Waals surface area (Å²) in [5.74, 6) is 2.09. The maximum Gasteiger partial charge on any atom is 0.165 e. The van der Waals surface area contributed by atoms with Gasteiger partial charge in [0.25, 0.3) is 0 Å². The lowest BCUT2D eigenvalue weighted by Crippen LogP contribution is -2.07. The van der Waals surface area contributed by atoms with Gasteiger partial charge in [-0.15, -0.1) is 0 Å². The predicted octanol–water partition coefficient (Wildman–Crippen LogP) is 4.33. The molecule has 2 aromatic rings. The quantitative estimate of drug-likeness (QED) is 0.608. The lowest BCUT2D eigenvalue weighted by Gasteiger charge is -2.18. The molecule has 7 heteroatoms. The Morgan fingerprint density at radius 2 is 1.48 bits per heavy atom. The molecule has 0 aliphatic heterocycles. The van der Waals surface area contributed by atoms with Crippen LogP contribution >= 0.6 is 0 Å². The molecule has 0 heterocycles. The monoisotopic (exact) mass is 420 g/mol. The fraction of sp³-hybridized carbons (Fsp3) is 0.364. The van der Waals surface area contributed by atoms with Crippen LogP contribution in [0, 0.1) is 0 Å². The van der Waals surface area contributed by atoms with Crippen LogP contribution in [0.3, 0.4) is 0 Å². The highest BCUT2D eigenvalue weighted by Crippen LogP contribution is 2.39. The fourth-order valence-electron chi connectivity index (χ4n) is 3.29. The number of aromatic hydroxyl groups is 1. The first kappa shape index (κ1) is 22.8. The van der Waals surface area contributed by atoms with E-state index in [1.807, 2.05) is 13.8 Å². The molecule has 0 aromatic heterocycles. The van der Waals surface area contributed by atoms with Gasteiger partial charge in [-0.2, -0.15) is 0 Å². The van der Waals surface area contributed by atoms with Gasteiger partial charge in [-0.25, -0.2) is 0 Å². The molecule has 0 radical (unpaired) electrons. The van der Waals surface area contributed by atoms with E-state index in [9.17, 15) is 9.66 Å².